The molecule has 20 heavy (non-hydrogen) atoms. The lowest BCUT2D eigenvalue weighted by atomic mass is 9.99. The van der Waals surface area contributed by atoms with Gasteiger partial charge in [0.15, 0.2) is 5.75 Å². The predicted molar refractivity (Wildman–Crippen MR) is 84.4 cm³/mol. The maximum absolute atomic E-state index is 6.01. The number of rotatable bonds is 2. The first kappa shape index (κ1) is 13.6. The fraction of sp³-hybridized carbons (Fsp3) is 0.625. The molecule has 0 aliphatic carbocycles. The van der Waals surface area contributed by atoms with Crippen LogP contribution in [-0.2, 0) is 0 Å². The molecule has 1 N–H and O–H groups in total. The van der Waals surface area contributed by atoms with E-state index in [2.05, 4.69) is 48.1 Å². The number of ether oxygens (including phenoxy) is 1. The monoisotopic (exact) mass is 275 g/mol. The smallest absolute Gasteiger partial charge is 0.165 e. The van der Waals surface area contributed by atoms with Crippen LogP contribution in [0.4, 0.5) is 11.4 Å². The Morgan fingerprint density at radius 3 is 2.50 bits per heavy atom. The summed E-state index contributed by atoms with van der Waals surface area (Å²) in [5.74, 6) is 1.61. The lowest BCUT2D eigenvalue weighted by Gasteiger charge is -2.36. The Balaban J connectivity index is 2.06. The summed E-state index contributed by atoms with van der Waals surface area (Å²) in [4.78, 5) is 4.77. The zero-order chi connectivity index (χ0) is 14.1. The summed E-state index contributed by atoms with van der Waals surface area (Å²) in [6.45, 7) is 10.5. The lowest BCUT2D eigenvalue weighted by Crippen LogP contribution is -2.44. The fourth-order valence-corrected chi connectivity index (χ4v) is 2.93. The summed E-state index contributed by atoms with van der Waals surface area (Å²) in [6, 6.07) is 4.62. The highest BCUT2D eigenvalue weighted by atomic mass is 16.5. The second kappa shape index (κ2) is 5.52. The van der Waals surface area contributed by atoms with E-state index >= 15 is 0 Å². The minimum atomic E-state index is 0.539. The van der Waals surface area contributed by atoms with E-state index in [-0.39, 0.29) is 0 Å². The molecule has 0 bridgehead atoms. The molecule has 0 saturated carbocycles. The molecule has 0 radical (unpaired) electrons. The molecule has 0 atom stereocenters. The highest BCUT2D eigenvalue weighted by Crippen LogP contribution is 2.42. The third kappa shape index (κ3) is 2.44. The van der Waals surface area contributed by atoms with Gasteiger partial charge < -0.3 is 19.9 Å². The Morgan fingerprint density at radius 2 is 1.80 bits per heavy atom. The maximum atomic E-state index is 6.01. The second-order valence-electron chi connectivity index (χ2n) is 6.05. The van der Waals surface area contributed by atoms with Crippen LogP contribution < -0.4 is 19.9 Å². The number of likely N-dealkylation sites (N-methyl/N-ethyl adjacent to an activating group) is 1. The Kier molecular flexibility index (Phi) is 3.74. The van der Waals surface area contributed by atoms with E-state index in [0.717, 1.165) is 45.1 Å². The third-order valence-corrected chi connectivity index (χ3v) is 4.28. The molecule has 0 aromatic heterocycles. The molecule has 0 amide bonds. The number of nitrogens with one attached hydrogen (secondary N) is 1. The first-order chi connectivity index (χ1) is 9.66. The van der Waals surface area contributed by atoms with Crippen molar-refractivity contribution in [3.05, 3.63) is 17.7 Å². The number of benzene rings is 1. The number of hydrogen-bond donors (Lipinski definition) is 1. The molecule has 1 saturated heterocycles. The van der Waals surface area contributed by atoms with Crippen molar-refractivity contribution in [1.82, 2.24) is 5.32 Å². The molecule has 1 aromatic rings. The normalized spacial score (nSPS) is 19.0. The SMILES string of the molecule is CC(C)c1cc2c(c(N3CCNCC3)c1)OCCN2C. The first-order valence-corrected chi connectivity index (χ1v) is 7.64. The van der Waals surface area contributed by atoms with Gasteiger partial charge in [0.1, 0.15) is 6.61 Å². The summed E-state index contributed by atoms with van der Waals surface area (Å²) < 4.78 is 6.01. The fourth-order valence-electron chi connectivity index (χ4n) is 2.93. The van der Waals surface area contributed by atoms with Crippen molar-refractivity contribution in [3.63, 3.8) is 0 Å². The van der Waals surface area contributed by atoms with Gasteiger partial charge in [-0.05, 0) is 23.6 Å². The summed E-state index contributed by atoms with van der Waals surface area (Å²) in [5.41, 5.74) is 3.92. The van der Waals surface area contributed by atoms with Gasteiger partial charge in [-0.15, -0.1) is 0 Å². The van der Waals surface area contributed by atoms with Crippen LogP contribution in [0.2, 0.25) is 0 Å². The van der Waals surface area contributed by atoms with Crippen LogP contribution in [0, 0.1) is 0 Å². The molecular weight excluding hydrogens is 250 g/mol. The van der Waals surface area contributed by atoms with Crippen molar-refractivity contribution in [2.75, 3.05) is 56.2 Å². The number of nitrogens with zero attached hydrogens (tertiary/aromatic N) is 2. The number of piperazine rings is 1. The Morgan fingerprint density at radius 1 is 1.10 bits per heavy atom. The Hall–Kier alpha value is -1.42. The van der Waals surface area contributed by atoms with Gasteiger partial charge in [0, 0.05) is 33.2 Å². The molecule has 110 valence electrons. The average molecular weight is 275 g/mol. The molecule has 0 spiro atoms. The van der Waals surface area contributed by atoms with E-state index in [1.54, 1.807) is 0 Å². The van der Waals surface area contributed by atoms with Crippen LogP contribution in [0.3, 0.4) is 0 Å². The summed E-state index contributed by atoms with van der Waals surface area (Å²) in [6.07, 6.45) is 0. The standard InChI is InChI=1S/C16H25N3O/c1-12(2)13-10-14-16(20-9-8-18(14)3)15(11-13)19-6-4-17-5-7-19/h10-12,17H,4-9H2,1-3H3. The molecule has 2 aliphatic heterocycles. The molecule has 3 rings (SSSR count). The van der Waals surface area contributed by atoms with Crippen molar-refractivity contribution >= 4 is 11.4 Å². The Bertz CT molecular complexity index is 481. The number of hydrogen-bond acceptors (Lipinski definition) is 4. The summed E-state index contributed by atoms with van der Waals surface area (Å²) in [5, 5.41) is 3.42. The van der Waals surface area contributed by atoms with Crippen molar-refractivity contribution in [3.8, 4) is 5.75 Å². The van der Waals surface area contributed by atoms with Crippen molar-refractivity contribution < 1.29 is 4.74 Å². The molecule has 1 aromatic carbocycles. The van der Waals surface area contributed by atoms with Crippen LogP contribution in [0.15, 0.2) is 12.1 Å². The lowest BCUT2D eigenvalue weighted by molar-refractivity contribution is 0.311. The van der Waals surface area contributed by atoms with Crippen molar-refractivity contribution in [2.24, 2.45) is 0 Å². The topological polar surface area (TPSA) is 27.7 Å². The maximum Gasteiger partial charge on any atom is 0.165 e. The minimum absolute atomic E-state index is 0.539. The van der Waals surface area contributed by atoms with E-state index < -0.39 is 0 Å². The van der Waals surface area contributed by atoms with Crippen molar-refractivity contribution in [2.45, 2.75) is 19.8 Å². The average Bonchev–Trinajstić information content (AvgIpc) is 2.47. The van der Waals surface area contributed by atoms with E-state index in [9.17, 15) is 0 Å². The van der Waals surface area contributed by atoms with Gasteiger partial charge >= 0.3 is 0 Å². The van der Waals surface area contributed by atoms with Gasteiger partial charge in [0.05, 0.1) is 17.9 Å². The van der Waals surface area contributed by atoms with Crippen LogP contribution in [0.1, 0.15) is 25.3 Å². The van der Waals surface area contributed by atoms with Gasteiger partial charge in [-0.1, -0.05) is 13.8 Å². The molecule has 4 nitrogen and oxygen atoms in total. The van der Waals surface area contributed by atoms with Gasteiger partial charge in [-0.2, -0.15) is 0 Å². The molecule has 2 aliphatic rings. The molecule has 2 heterocycles. The largest absolute Gasteiger partial charge is 0.487 e. The van der Waals surface area contributed by atoms with Crippen LogP contribution in [-0.4, -0.2) is 46.4 Å². The quantitative estimate of drug-likeness (QED) is 0.894. The number of anilines is 2. The highest BCUT2D eigenvalue weighted by molar-refractivity contribution is 5.75. The zero-order valence-electron chi connectivity index (χ0n) is 12.8. The van der Waals surface area contributed by atoms with Crippen LogP contribution >= 0.6 is 0 Å². The van der Waals surface area contributed by atoms with Crippen LogP contribution in [0.5, 0.6) is 5.75 Å². The zero-order valence-corrected chi connectivity index (χ0v) is 12.8. The van der Waals surface area contributed by atoms with E-state index in [1.807, 2.05) is 0 Å². The minimum Gasteiger partial charge on any atom is -0.487 e. The molecule has 0 unspecified atom stereocenters. The second-order valence-corrected chi connectivity index (χ2v) is 6.05. The molecule has 4 heteroatoms. The van der Waals surface area contributed by atoms with E-state index in [0.29, 0.717) is 5.92 Å². The van der Waals surface area contributed by atoms with Gasteiger partial charge in [0.25, 0.3) is 0 Å². The van der Waals surface area contributed by atoms with Crippen molar-refractivity contribution in [1.29, 1.82) is 0 Å². The van der Waals surface area contributed by atoms with E-state index in [4.69, 9.17) is 4.74 Å². The van der Waals surface area contributed by atoms with Gasteiger partial charge in [-0.3, -0.25) is 0 Å². The van der Waals surface area contributed by atoms with Gasteiger partial charge in [-0.25, -0.2) is 0 Å². The summed E-state index contributed by atoms with van der Waals surface area (Å²) in [7, 11) is 2.16. The molecular formula is C16H25N3O. The third-order valence-electron chi connectivity index (χ3n) is 4.28. The Labute approximate surface area is 121 Å². The first-order valence-electron chi connectivity index (χ1n) is 7.64. The molecule has 1 fully saturated rings. The number of fused-ring (bicyclic) bond motifs is 1. The van der Waals surface area contributed by atoms with Crippen LogP contribution in [0.25, 0.3) is 0 Å². The summed E-state index contributed by atoms with van der Waals surface area (Å²) >= 11 is 0. The predicted octanol–water partition coefficient (Wildman–Crippen LogP) is 2.05. The van der Waals surface area contributed by atoms with Gasteiger partial charge in [0.2, 0.25) is 0 Å². The van der Waals surface area contributed by atoms with E-state index in [1.165, 1.54) is 16.9 Å². The highest BCUT2D eigenvalue weighted by Gasteiger charge is 2.24.